The highest BCUT2D eigenvalue weighted by Crippen LogP contribution is 2.24. The molecule has 1 aromatic rings. The predicted molar refractivity (Wildman–Crippen MR) is 71.1 cm³/mol. The van der Waals surface area contributed by atoms with Gasteiger partial charge in [-0.05, 0) is 43.9 Å². The second-order valence-corrected chi connectivity index (χ2v) is 4.59. The average Bonchev–Trinajstić information content (AvgIpc) is 2.39. The summed E-state index contributed by atoms with van der Waals surface area (Å²) in [6.45, 7) is 0. The maximum absolute atomic E-state index is 5.43. The average molecular weight is 229 g/mol. The number of anilines is 1. The normalized spacial score (nSPS) is 24.0. The second-order valence-electron chi connectivity index (χ2n) is 4.59. The highest BCUT2D eigenvalue weighted by atomic mass is 16.5. The Labute approximate surface area is 103 Å². The van der Waals surface area contributed by atoms with E-state index in [9.17, 15) is 0 Å². The van der Waals surface area contributed by atoms with Gasteiger partial charge in [0.1, 0.15) is 0 Å². The van der Waals surface area contributed by atoms with E-state index in [1.54, 1.807) is 7.11 Å². The van der Waals surface area contributed by atoms with Gasteiger partial charge < -0.3 is 10.1 Å². The minimum atomic E-state index is 0.400. The maximum atomic E-state index is 5.43. The summed E-state index contributed by atoms with van der Waals surface area (Å²) < 4.78 is 5.43. The lowest BCUT2D eigenvalue weighted by molar-refractivity contribution is 0.0669. The molecular formula is C15H19NO. The summed E-state index contributed by atoms with van der Waals surface area (Å²) in [6, 6.07) is 8.54. The van der Waals surface area contributed by atoms with E-state index in [-0.39, 0.29) is 0 Å². The van der Waals surface area contributed by atoms with Crippen LogP contribution in [0.15, 0.2) is 24.3 Å². The van der Waals surface area contributed by atoms with E-state index < -0.39 is 0 Å². The summed E-state index contributed by atoms with van der Waals surface area (Å²) in [6.07, 6.45) is 10.5. The Morgan fingerprint density at radius 1 is 1.41 bits per heavy atom. The van der Waals surface area contributed by atoms with Crippen molar-refractivity contribution in [1.82, 2.24) is 0 Å². The number of benzene rings is 1. The Morgan fingerprint density at radius 3 is 3.06 bits per heavy atom. The molecule has 0 saturated heterocycles. The zero-order valence-electron chi connectivity index (χ0n) is 10.3. The Morgan fingerprint density at radius 2 is 2.29 bits per heavy atom. The molecule has 1 aromatic carbocycles. The monoisotopic (exact) mass is 229 g/mol. The molecule has 1 N–H and O–H groups in total. The van der Waals surface area contributed by atoms with Crippen molar-refractivity contribution in [3.8, 4) is 12.3 Å². The van der Waals surface area contributed by atoms with Gasteiger partial charge >= 0.3 is 0 Å². The fourth-order valence-corrected chi connectivity index (χ4v) is 2.42. The van der Waals surface area contributed by atoms with Crippen LogP contribution in [0.1, 0.15) is 31.2 Å². The SMILES string of the molecule is C#Cc1cccc(NC2CCCC(OC)C2)c1. The fraction of sp³-hybridized carbons (Fsp3) is 0.467. The molecule has 2 rings (SSSR count). The summed E-state index contributed by atoms with van der Waals surface area (Å²) >= 11 is 0. The molecular weight excluding hydrogens is 210 g/mol. The lowest BCUT2D eigenvalue weighted by Gasteiger charge is -2.29. The summed E-state index contributed by atoms with van der Waals surface area (Å²) in [5.41, 5.74) is 2.04. The van der Waals surface area contributed by atoms with E-state index in [1.807, 2.05) is 18.2 Å². The Balaban J connectivity index is 1.98. The molecule has 90 valence electrons. The first-order valence-corrected chi connectivity index (χ1v) is 6.18. The van der Waals surface area contributed by atoms with Crippen LogP contribution >= 0.6 is 0 Å². The Hall–Kier alpha value is -1.46. The second kappa shape index (κ2) is 5.75. The minimum absolute atomic E-state index is 0.400. The first kappa shape index (κ1) is 12.0. The predicted octanol–water partition coefficient (Wildman–Crippen LogP) is 3.04. The van der Waals surface area contributed by atoms with Crippen molar-refractivity contribution in [2.75, 3.05) is 12.4 Å². The van der Waals surface area contributed by atoms with Crippen LogP contribution in [0.2, 0.25) is 0 Å². The Bertz CT molecular complexity index is 408. The molecule has 0 spiro atoms. The van der Waals surface area contributed by atoms with Crippen molar-refractivity contribution >= 4 is 5.69 Å². The quantitative estimate of drug-likeness (QED) is 0.804. The van der Waals surface area contributed by atoms with Gasteiger partial charge in [0.15, 0.2) is 0 Å². The van der Waals surface area contributed by atoms with E-state index in [0.717, 1.165) is 17.7 Å². The Kier molecular flexibility index (Phi) is 4.06. The third-order valence-electron chi connectivity index (χ3n) is 3.36. The first-order valence-electron chi connectivity index (χ1n) is 6.18. The molecule has 2 atom stereocenters. The first-order chi connectivity index (χ1) is 8.31. The molecule has 17 heavy (non-hydrogen) atoms. The van der Waals surface area contributed by atoms with Crippen LogP contribution in [0.4, 0.5) is 5.69 Å². The fourth-order valence-electron chi connectivity index (χ4n) is 2.42. The summed E-state index contributed by atoms with van der Waals surface area (Å²) in [7, 11) is 1.80. The molecule has 2 unspecified atom stereocenters. The number of rotatable bonds is 3. The maximum Gasteiger partial charge on any atom is 0.0590 e. The third kappa shape index (κ3) is 3.25. The molecule has 0 amide bonds. The van der Waals surface area contributed by atoms with E-state index in [0.29, 0.717) is 12.1 Å². The van der Waals surface area contributed by atoms with Gasteiger partial charge in [0.25, 0.3) is 0 Å². The molecule has 0 radical (unpaired) electrons. The summed E-state index contributed by atoms with van der Waals surface area (Å²) in [5.74, 6) is 2.66. The van der Waals surface area contributed by atoms with Crippen LogP contribution in [0, 0.1) is 12.3 Å². The highest BCUT2D eigenvalue weighted by molar-refractivity contribution is 5.50. The summed E-state index contributed by atoms with van der Waals surface area (Å²) in [5, 5.41) is 3.54. The largest absolute Gasteiger partial charge is 0.382 e. The van der Waals surface area contributed by atoms with Gasteiger partial charge in [0.05, 0.1) is 6.10 Å². The van der Waals surface area contributed by atoms with Crippen molar-refractivity contribution in [3.63, 3.8) is 0 Å². The lowest BCUT2D eigenvalue weighted by Crippen LogP contribution is -2.30. The number of nitrogens with one attached hydrogen (secondary N) is 1. The number of hydrogen-bond acceptors (Lipinski definition) is 2. The smallest absolute Gasteiger partial charge is 0.0590 e. The molecule has 1 aliphatic rings. The summed E-state index contributed by atoms with van der Waals surface area (Å²) in [4.78, 5) is 0. The number of terminal acetylenes is 1. The van der Waals surface area contributed by atoms with Crippen molar-refractivity contribution in [2.24, 2.45) is 0 Å². The van der Waals surface area contributed by atoms with Gasteiger partial charge in [-0.1, -0.05) is 12.0 Å². The van der Waals surface area contributed by atoms with Crippen molar-refractivity contribution in [3.05, 3.63) is 29.8 Å². The number of ether oxygens (including phenoxy) is 1. The topological polar surface area (TPSA) is 21.3 Å². The van der Waals surface area contributed by atoms with Gasteiger partial charge in [-0.25, -0.2) is 0 Å². The molecule has 1 saturated carbocycles. The van der Waals surface area contributed by atoms with Gasteiger partial charge in [-0.2, -0.15) is 0 Å². The number of hydrogen-bond donors (Lipinski definition) is 1. The van der Waals surface area contributed by atoms with Crippen LogP contribution in [-0.4, -0.2) is 19.3 Å². The van der Waals surface area contributed by atoms with Gasteiger partial charge in [0, 0.05) is 24.4 Å². The molecule has 2 nitrogen and oxygen atoms in total. The van der Waals surface area contributed by atoms with Gasteiger partial charge in [-0.3, -0.25) is 0 Å². The van der Waals surface area contributed by atoms with Gasteiger partial charge in [0.2, 0.25) is 0 Å². The van der Waals surface area contributed by atoms with E-state index in [4.69, 9.17) is 11.2 Å². The molecule has 1 aliphatic carbocycles. The van der Waals surface area contributed by atoms with Crippen LogP contribution < -0.4 is 5.32 Å². The molecule has 1 fully saturated rings. The highest BCUT2D eigenvalue weighted by Gasteiger charge is 2.21. The number of methoxy groups -OCH3 is 1. The molecule has 0 heterocycles. The van der Waals surface area contributed by atoms with Gasteiger partial charge in [-0.15, -0.1) is 6.42 Å². The molecule has 0 aliphatic heterocycles. The molecule has 2 heteroatoms. The van der Waals surface area contributed by atoms with E-state index in [2.05, 4.69) is 17.3 Å². The minimum Gasteiger partial charge on any atom is -0.382 e. The van der Waals surface area contributed by atoms with Crippen LogP contribution in [0.5, 0.6) is 0 Å². The molecule has 0 bridgehead atoms. The van der Waals surface area contributed by atoms with Crippen molar-refractivity contribution in [2.45, 2.75) is 37.8 Å². The van der Waals surface area contributed by atoms with Crippen molar-refractivity contribution < 1.29 is 4.74 Å². The lowest BCUT2D eigenvalue weighted by atomic mass is 9.92. The van der Waals surface area contributed by atoms with Crippen LogP contribution in [0.3, 0.4) is 0 Å². The van der Waals surface area contributed by atoms with Crippen LogP contribution in [-0.2, 0) is 4.74 Å². The molecule has 0 aromatic heterocycles. The third-order valence-corrected chi connectivity index (χ3v) is 3.36. The van der Waals surface area contributed by atoms with E-state index in [1.165, 1.54) is 19.3 Å². The van der Waals surface area contributed by atoms with E-state index >= 15 is 0 Å². The standard InChI is InChI=1S/C15H19NO/c1-3-12-6-4-7-13(10-12)16-14-8-5-9-15(11-14)17-2/h1,4,6-7,10,14-16H,5,8-9,11H2,2H3. The van der Waals surface area contributed by atoms with Crippen molar-refractivity contribution in [1.29, 1.82) is 0 Å². The van der Waals surface area contributed by atoms with Crippen LogP contribution in [0.25, 0.3) is 0 Å². The zero-order chi connectivity index (χ0) is 12.1. The zero-order valence-corrected chi connectivity index (χ0v) is 10.3.